The van der Waals surface area contributed by atoms with Crippen LogP contribution < -0.4 is 5.32 Å². The Morgan fingerprint density at radius 1 is 1.29 bits per heavy atom. The zero-order valence-electron chi connectivity index (χ0n) is 12.6. The molecule has 1 aliphatic rings. The molecule has 128 valence electrons. The Morgan fingerprint density at radius 3 is 2.75 bits per heavy atom. The molecule has 1 aliphatic carbocycles. The molecule has 6 nitrogen and oxygen atoms in total. The molecular formula is C15H16F3N5O. The summed E-state index contributed by atoms with van der Waals surface area (Å²) in [5.41, 5.74) is 0.170. The van der Waals surface area contributed by atoms with Crippen LogP contribution in [0.15, 0.2) is 37.1 Å². The maximum absolute atomic E-state index is 13.1. The molecule has 0 bridgehead atoms. The Balaban J connectivity index is 1.79. The topological polar surface area (TPSA) is 72.7 Å². The van der Waals surface area contributed by atoms with Crippen LogP contribution in [0.4, 0.5) is 13.2 Å². The van der Waals surface area contributed by atoms with E-state index in [1.165, 1.54) is 29.6 Å². The van der Waals surface area contributed by atoms with Crippen LogP contribution in [0.2, 0.25) is 0 Å². The molecule has 0 spiro atoms. The quantitative estimate of drug-likeness (QED) is 0.932. The molecule has 9 heteroatoms. The van der Waals surface area contributed by atoms with Gasteiger partial charge in [-0.05, 0) is 31.4 Å². The highest BCUT2D eigenvalue weighted by Crippen LogP contribution is 2.41. The summed E-state index contributed by atoms with van der Waals surface area (Å²) in [7, 11) is 0. The van der Waals surface area contributed by atoms with Crippen molar-refractivity contribution in [1.82, 2.24) is 25.1 Å². The van der Waals surface area contributed by atoms with E-state index in [0.29, 0.717) is 0 Å². The van der Waals surface area contributed by atoms with Crippen LogP contribution >= 0.6 is 0 Å². The van der Waals surface area contributed by atoms with Gasteiger partial charge in [-0.25, -0.2) is 9.67 Å². The minimum absolute atomic E-state index is 0.00395. The Kier molecular flexibility index (Phi) is 4.50. The second kappa shape index (κ2) is 6.58. The van der Waals surface area contributed by atoms with Crippen LogP contribution in [0.3, 0.4) is 0 Å². The molecule has 1 saturated carbocycles. The highest BCUT2D eigenvalue weighted by Gasteiger charge is 2.46. The Morgan fingerprint density at radius 2 is 2.12 bits per heavy atom. The third kappa shape index (κ3) is 3.55. The predicted octanol–water partition coefficient (Wildman–Crippen LogP) is 2.38. The van der Waals surface area contributed by atoms with E-state index >= 15 is 0 Å². The summed E-state index contributed by atoms with van der Waals surface area (Å²) in [5.74, 6) is -1.93. The number of pyridine rings is 1. The van der Waals surface area contributed by atoms with Crippen molar-refractivity contribution in [3.8, 4) is 0 Å². The van der Waals surface area contributed by atoms with E-state index in [1.807, 2.05) is 0 Å². The maximum atomic E-state index is 13.1. The number of rotatable bonds is 3. The van der Waals surface area contributed by atoms with Gasteiger partial charge in [-0.1, -0.05) is 6.07 Å². The van der Waals surface area contributed by atoms with Gasteiger partial charge in [0.25, 0.3) is 5.91 Å². The van der Waals surface area contributed by atoms with Crippen molar-refractivity contribution in [2.24, 2.45) is 5.92 Å². The number of hydrogen-bond acceptors (Lipinski definition) is 4. The summed E-state index contributed by atoms with van der Waals surface area (Å²) >= 11 is 0. The smallest absolute Gasteiger partial charge is 0.346 e. The molecule has 0 aliphatic heterocycles. The zero-order chi connectivity index (χ0) is 17.2. The summed E-state index contributed by atoms with van der Waals surface area (Å²) in [6.07, 6.45) is 0.0494. The first-order valence-corrected chi connectivity index (χ1v) is 7.58. The van der Waals surface area contributed by atoms with Gasteiger partial charge < -0.3 is 5.32 Å². The summed E-state index contributed by atoms with van der Waals surface area (Å²) in [6, 6.07) is 3.77. The minimum Gasteiger partial charge on any atom is -0.346 e. The van der Waals surface area contributed by atoms with Crippen LogP contribution in [0, 0.1) is 5.92 Å². The number of amides is 1. The lowest BCUT2D eigenvalue weighted by Gasteiger charge is -2.37. The number of carbonyl (C=O) groups excluding carboxylic acids is 1. The number of carbonyl (C=O) groups is 1. The first-order chi connectivity index (χ1) is 11.4. The third-order valence-corrected chi connectivity index (χ3v) is 4.27. The first kappa shape index (κ1) is 16.4. The molecule has 3 atom stereocenters. The number of alkyl halides is 3. The first-order valence-electron chi connectivity index (χ1n) is 7.58. The number of hydrogen-bond donors (Lipinski definition) is 1. The normalized spacial score (nSPS) is 24.5. The Labute approximate surface area is 136 Å². The lowest BCUT2D eigenvalue weighted by molar-refractivity contribution is -0.185. The molecule has 1 fully saturated rings. The maximum Gasteiger partial charge on any atom is 0.391 e. The van der Waals surface area contributed by atoms with Crippen molar-refractivity contribution in [3.05, 3.63) is 42.7 Å². The molecule has 2 aromatic rings. The fourth-order valence-electron chi connectivity index (χ4n) is 3.05. The van der Waals surface area contributed by atoms with Gasteiger partial charge >= 0.3 is 6.18 Å². The van der Waals surface area contributed by atoms with Gasteiger partial charge in [-0.2, -0.15) is 18.3 Å². The van der Waals surface area contributed by atoms with Gasteiger partial charge in [0, 0.05) is 6.20 Å². The highest BCUT2D eigenvalue weighted by molar-refractivity contribution is 5.92. The molecule has 0 saturated heterocycles. The van der Waals surface area contributed by atoms with Crippen LogP contribution in [-0.2, 0) is 0 Å². The lowest BCUT2D eigenvalue weighted by Crippen LogP contribution is -2.47. The van der Waals surface area contributed by atoms with Gasteiger partial charge in [-0.3, -0.25) is 9.78 Å². The van der Waals surface area contributed by atoms with Gasteiger partial charge in [0.15, 0.2) is 0 Å². The van der Waals surface area contributed by atoms with Crippen LogP contribution in [0.5, 0.6) is 0 Å². The standard InChI is InChI=1S/C15H16F3N5O/c16-15(17,18)10-4-5-13(23-9-19-8-21-23)12(7-10)22-14(24)11-3-1-2-6-20-11/h1-3,6,8-10,12-13H,4-5,7H2,(H,22,24). The molecule has 2 aromatic heterocycles. The van der Waals surface area contributed by atoms with Crippen molar-refractivity contribution in [3.63, 3.8) is 0 Å². The minimum atomic E-state index is -4.28. The predicted molar refractivity (Wildman–Crippen MR) is 77.9 cm³/mol. The van der Waals surface area contributed by atoms with E-state index in [0.717, 1.165) is 0 Å². The van der Waals surface area contributed by atoms with E-state index in [1.54, 1.807) is 12.1 Å². The fraction of sp³-hybridized carbons (Fsp3) is 0.467. The fourth-order valence-corrected chi connectivity index (χ4v) is 3.05. The van der Waals surface area contributed by atoms with E-state index in [2.05, 4.69) is 20.4 Å². The van der Waals surface area contributed by atoms with Crippen molar-refractivity contribution >= 4 is 5.91 Å². The summed E-state index contributed by atoms with van der Waals surface area (Å²) in [6.45, 7) is 0. The summed E-state index contributed by atoms with van der Waals surface area (Å²) < 4.78 is 40.8. The number of halogens is 3. The average Bonchev–Trinajstić information content (AvgIpc) is 3.09. The molecule has 0 radical (unpaired) electrons. The third-order valence-electron chi connectivity index (χ3n) is 4.27. The van der Waals surface area contributed by atoms with Crippen molar-refractivity contribution in [1.29, 1.82) is 0 Å². The van der Waals surface area contributed by atoms with E-state index in [4.69, 9.17) is 0 Å². The average molecular weight is 339 g/mol. The number of nitrogens with one attached hydrogen (secondary N) is 1. The largest absolute Gasteiger partial charge is 0.391 e. The van der Waals surface area contributed by atoms with E-state index in [9.17, 15) is 18.0 Å². The van der Waals surface area contributed by atoms with Crippen LogP contribution in [0.1, 0.15) is 35.8 Å². The van der Waals surface area contributed by atoms with E-state index < -0.39 is 24.0 Å². The molecule has 3 rings (SSSR count). The molecule has 2 heterocycles. The molecule has 3 unspecified atom stereocenters. The molecule has 1 amide bonds. The summed E-state index contributed by atoms with van der Waals surface area (Å²) in [5, 5.41) is 6.70. The van der Waals surface area contributed by atoms with Gasteiger partial charge in [0.05, 0.1) is 18.0 Å². The van der Waals surface area contributed by atoms with Crippen molar-refractivity contribution in [2.75, 3.05) is 0 Å². The SMILES string of the molecule is O=C(NC1CC(C(F)(F)F)CCC1n1cncn1)c1ccccn1. The van der Waals surface area contributed by atoms with Crippen molar-refractivity contribution in [2.45, 2.75) is 37.5 Å². The van der Waals surface area contributed by atoms with Gasteiger partial charge in [0.2, 0.25) is 0 Å². The van der Waals surface area contributed by atoms with E-state index in [-0.39, 0.29) is 31.0 Å². The number of aromatic nitrogens is 4. The highest BCUT2D eigenvalue weighted by atomic mass is 19.4. The van der Waals surface area contributed by atoms with Gasteiger partial charge in [0.1, 0.15) is 18.3 Å². The van der Waals surface area contributed by atoms with Crippen LogP contribution in [0.25, 0.3) is 0 Å². The Bertz CT molecular complexity index is 674. The molecular weight excluding hydrogens is 323 g/mol. The Hall–Kier alpha value is -2.45. The number of nitrogens with zero attached hydrogens (tertiary/aromatic N) is 4. The summed E-state index contributed by atoms with van der Waals surface area (Å²) in [4.78, 5) is 20.1. The second-order valence-electron chi connectivity index (χ2n) is 5.79. The second-order valence-corrected chi connectivity index (χ2v) is 5.79. The van der Waals surface area contributed by atoms with Crippen LogP contribution in [-0.4, -0.2) is 37.9 Å². The molecule has 0 aromatic carbocycles. The molecule has 1 N–H and O–H groups in total. The van der Waals surface area contributed by atoms with Crippen molar-refractivity contribution < 1.29 is 18.0 Å². The monoisotopic (exact) mass is 339 g/mol. The lowest BCUT2D eigenvalue weighted by atomic mass is 9.81. The molecule has 24 heavy (non-hydrogen) atoms. The van der Waals surface area contributed by atoms with Gasteiger partial charge in [-0.15, -0.1) is 0 Å². The zero-order valence-corrected chi connectivity index (χ0v) is 12.6.